The van der Waals surface area contributed by atoms with Crippen LogP contribution in [0, 0.1) is 5.82 Å². The second-order valence-electron chi connectivity index (χ2n) is 8.61. The molecule has 0 saturated heterocycles. The van der Waals surface area contributed by atoms with Gasteiger partial charge in [-0.25, -0.2) is 4.39 Å². The van der Waals surface area contributed by atoms with Crippen molar-refractivity contribution in [1.29, 1.82) is 0 Å². The van der Waals surface area contributed by atoms with Crippen LogP contribution in [0.15, 0.2) is 42.5 Å². The van der Waals surface area contributed by atoms with Gasteiger partial charge in [0, 0.05) is 12.0 Å². The highest BCUT2D eigenvalue weighted by molar-refractivity contribution is 5.70. The van der Waals surface area contributed by atoms with Crippen molar-refractivity contribution in [3.63, 3.8) is 0 Å². The van der Waals surface area contributed by atoms with Gasteiger partial charge in [0.15, 0.2) is 0 Å². The lowest BCUT2D eigenvalue weighted by Gasteiger charge is -2.31. The summed E-state index contributed by atoms with van der Waals surface area (Å²) < 4.78 is 20.8. The minimum atomic E-state index is -0.857. The van der Waals surface area contributed by atoms with Crippen LogP contribution in [0.5, 0.6) is 5.75 Å². The van der Waals surface area contributed by atoms with Gasteiger partial charge in [-0.3, -0.25) is 4.79 Å². The van der Waals surface area contributed by atoms with Crippen molar-refractivity contribution in [3.05, 3.63) is 53.8 Å². The zero-order valence-electron chi connectivity index (χ0n) is 19.3. The van der Waals surface area contributed by atoms with Crippen molar-refractivity contribution in [2.45, 2.75) is 84.0 Å². The Hall–Kier alpha value is -2.36. The molecule has 0 saturated carbocycles. The fourth-order valence-electron chi connectivity index (χ4n) is 4.04. The predicted molar refractivity (Wildman–Crippen MR) is 125 cm³/mol. The first-order valence-electron chi connectivity index (χ1n) is 11.6. The first kappa shape index (κ1) is 24.9. The zero-order valence-corrected chi connectivity index (χ0v) is 19.3. The van der Waals surface area contributed by atoms with Crippen LogP contribution in [0.1, 0.15) is 84.1 Å². The van der Waals surface area contributed by atoms with Crippen molar-refractivity contribution >= 4 is 5.97 Å². The maximum atomic E-state index is 15.0. The molecule has 1 atom stereocenters. The van der Waals surface area contributed by atoms with E-state index >= 15 is 0 Å². The van der Waals surface area contributed by atoms with Crippen molar-refractivity contribution < 1.29 is 19.0 Å². The number of hydrogen-bond acceptors (Lipinski definition) is 2. The number of rotatable bonds is 14. The van der Waals surface area contributed by atoms with Crippen LogP contribution < -0.4 is 4.74 Å². The maximum Gasteiger partial charge on any atom is 0.303 e. The first-order valence-corrected chi connectivity index (χ1v) is 11.6. The highest BCUT2D eigenvalue weighted by Gasteiger charge is 2.31. The molecule has 0 aromatic heterocycles. The summed E-state index contributed by atoms with van der Waals surface area (Å²) in [7, 11) is 0. The molecule has 3 nitrogen and oxygen atoms in total. The molecule has 1 unspecified atom stereocenters. The fourth-order valence-corrected chi connectivity index (χ4v) is 4.04. The van der Waals surface area contributed by atoms with Crippen LogP contribution in [0.25, 0.3) is 11.1 Å². The van der Waals surface area contributed by atoms with E-state index in [2.05, 4.69) is 6.92 Å². The van der Waals surface area contributed by atoms with Crippen molar-refractivity contribution in [3.8, 4) is 16.9 Å². The zero-order chi connectivity index (χ0) is 22.7. The normalized spacial score (nSPS) is 13.0. The van der Waals surface area contributed by atoms with Gasteiger partial charge in [-0.1, -0.05) is 77.1 Å². The molecule has 0 bridgehead atoms. The molecular formula is C27H37FO3. The molecule has 0 fully saturated rings. The molecular weight excluding hydrogens is 391 g/mol. The summed E-state index contributed by atoms with van der Waals surface area (Å²) in [6.07, 6.45) is 8.43. The molecule has 0 aliphatic heterocycles. The molecule has 2 aromatic carbocycles. The summed E-state index contributed by atoms with van der Waals surface area (Å²) in [5, 5.41) is 9.14. The van der Waals surface area contributed by atoms with E-state index in [0.717, 1.165) is 23.3 Å². The van der Waals surface area contributed by atoms with E-state index in [1.54, 1.807) is 6.07 Å². The highest BCUT2D eigenvalue weighted by atomic mass is 19.1. The molecule has 0 amide bonds. The summed E-state index contributed by atoms with van der Waals surface area (Å²) in [5.74, 6) is -0.320. The second kappa shape index (κ2) is 12.5. The van der Waals surface area contributed by atoms with Crippen LogP contribution in [-0.4, -0.2) is 17.7 Å². The molecule has 0 radical (unpaired) electrons. The first-order chi connectivity index (χ1) is 14.9. The van der Waals surface area contributed by atoms with Crippen molar-refractivity contribution in [2.24, 2.45) is 0 Å². The smallest absolute Gasteiger partial charge is 0.303 e. The van der Waals surface area contributed by atoms with Crippen molar-refractivity contribution in [1.82, 2.24) is 0 Å². The SMILES string of the molecule is CCCCCCCCOc1ccc(-c2cccc(F)c2C(C)(CC)CCC(=O)O)cc1. The average molecular weight is 429 g/mol. The Morgan fingerprint density at radius 3 is 2.32 bits per heavy atom. The second-order valence-corrected chi connectivity index (χ2v) is 8.61. The minimum absolute atomic E-state index is 0.0172. The van der Waals surface area contributed by atoms with E-state index in [4.69, 9.17) is 9.84 Å². The third kappa shape index (κ3) is 7.37. The molecule has 0 aliphatic rings. The third-order valence-electron chi connectivity index (χ3n) is 6.22. The molecule has 0 spiro atoms. The largest absolute Gasteiger partial charge is 0.494 e. The lowest BCUT2D eigenvalue weighted by Crippen LogP contribution is -2.24. The Morgan fingerprint density at radius 1 is 1.00 bits per heavy atom. The number of carboxylic acid groups (broad SMARTS) is 1. The maximum absolute atomic E-state index is 15.0. The van der Waals surface area contributed by atoms with Crippen LogP contribution in [-0.2, 0) is 10.2 Å². The van der Waals surface area contributed by atoms with Gasteiger partial charge in [-0.05, 0) is 54.0 Å². The topological polar surface area (TPSA) is 46.5 Å². The monoisotopic (exact) mass is 428 g/mol. The Kier molecular flexibility index (Phi) is 10.0. The molecule has 2 rings (SSSR count). The molecule has 0 heterocycles. The van der Waals surface area contributed by atoms with Gasteiger partial charge in [0.25, 0.3) is 0 Å². The number of ether oxygens (including phenoxy) is 1. The van der Waals surface area contributed by atoms with Gasteiger partial charge in [0.2, 0.25) is 0 Å². The fraction of sp³-hybridized carbons (Fsp3) is 0.519. The van der Waals surface area contributed by atoms with Gasteiger partial charge < -0.3 is 9.84 Å². The number of unbranched alkanes of at least 4 members (excludes halogenated alkanes) is 5. The Bertz CT molecular complexity index is 816. The summed E-state index contributed by atoms with van der Waals surface area (Å²) in [5.41, 5.74) is 1.78. The van der Waals surface area contributed by atoms with E-state index in [1.165, 1.54) is 38.2 Å². The molecule has 1 N–H and O–H groups in total. The average Bonchev–Trinajstić information content (AvgIpc) is 2.77. The van der Waals surface area contributed by atoms with Gasteiger partial charge in [-0.15, -0.1) is 0 Å². The standard InChI is InChI=1S/C27H37FO3/c1-4-6-7-8-9-10-20-31-22-16-14-21(15-17-22)23-12-11-13-24(28)26(23)27(3,5-2)19-18-25(29)30/h11-17H,4-10,18-20H2,1-3H3,(H,29,30). The van der Waals surface area contributed by atoms with E-state index < -0.39 is 11.4 Å². The quantitative estimate of drug-likeness (QED) is 0.313. The number of aliphatic carboxylic acids is 1. The lowest BCUT2D eigenvalue weighted by molar-refractivity contribution is -0.137. The third-order valence-corrected chi connectivity index (χ3v) is 6.22. The van der Waals surface area contributed by atoms with Gasteiger partial charge in [0.05, 0.1) is 6.61 Å². The number of carbonyl (C=O) groups is 1. The molecule has 31 heavy (non-hydrogen) atoms. The molecule has 2 aromatic rings. The number of halogens is 1. The van der Waals surface area contributed by atoms with E-state index in [0.29, 0.717) is 25.0 Å². The van der Waals surface area contributed by atoms with Gasteiger partial charge in [-0.2, -0.15) is 0 Å². The summed E-state index contributed by atoms with van der Waals surface area (Å²) >= 11 is 0. The predicted octanol–water partition coefficient (Wildman–Crippen LogP) is 7.76. The molecule has 4 heteroatoms. The van der Waals surface area contributed by atoms with Crippen LogP contribution in [0.3, 0.4) is 0 Å². The van der Waals surface area contributed by atoms with Crippen LogP contribution in [0.2, 0.25) is 0 Å². The summed E-state index contributed by atoms with van der Waals surface area (Å²) in [6.45, 7) is 6.87. The van der Waals surface area contributed by atoms with Gasteiger partial charge >= 0.3 is 5.97 Å². The summed E-state index contributed by atoms with van der Waals surface area (Å²) in [4.78, 5) is 11.1. The van der Waals surface area contributed by atoms with E-state index in [1.807, 2.05) is 44.2 Å². The van der Waals surface area contributed by atoms with Gasteiger partial charge in [0.1, 0.15) is 11.6 Å². The number of carboxylic acids is 1. The number of hydrogen-bond donors (Lipinski definition) is 1. The highest BCUT2D eigenvalue weighted by Crippen LogP contribution is 2.40. The van der Waals surface area contributed by atoms with E-state index in [9.17, 15) is 9.18 Å². The molecule has 170 valence electrons. The van der Waals surface area contributed by atoms with Crippen LogP contribution in [0.4, 0.5) is 4.39 Å². The Balaban J connectivity index is 2.11. The van der Waals surface area contributed by atoms with Crippen molar-refractivity contribution in [2.75, 3.05) is 6.61 Å². The minimum Gasteiger partial charge on any atom is -0.494 e. The Labute approximate surface area is 186 Å². The lowest BCUT2D eigenvalue weighted by atomic mass is 9.73. The van der Waals surface area contributed by atoms with Crippen LogP contribution >= 0.6 is 0 Å². The Morgan fingerprint density at radius 2 is 1.68 bits per heavy atom. The molecule has 0 aliphatic carbocycles. The summed E-state index contributed by atoms with van der Waals surface area (Å²) in [6, 6.07) is 12.9. The number of benzene rings is 2. The van der Waals surface area contributed by atoms with E-state index in [-0.39, 0.29) is 12.2 Å².